The maximum Gasteiger partial charge on any atom is 0.244 e. The Kier molecular flexibility index (Phi) is 7.24. The summed E-state index contributed by atoms with van der Waals surface area (Å²) in [6.07, 6.45) is 1.63. The molecule has 0 aliphatic carbocycles. The van der Waals surface area contributed by atoms with Crippen LogP contribution in [0.1, 0.15) is 19.5 Å². The number of anilines is 1. The van der Waals surface area contributed by atoms with Crippen molar-refractivity contribution in [1.29, 1.82) is 0 Å². The van der Waals surface area contributed by atoms with Gasteiger partial charge in [-0.25, -0.2) is 23.1 Å². The molecule has 29 heavy (non-hydrogen) atoms. The number of morpholine rings is 1. The lowest BCUT2D eigenvalue weighted by atomic mass is 10.3. The van der Waals surface area contributed by atoms with Crippen molar-refractivity contribution >= 4 is 16.0 Å². The lowest BCUT2D eigenvalue weighted by molar-refractivity contribution is 0.122. The molecular formula is C19H26N4O5S. The van der Waals surface area contributed by atoms with Crippen molar-refractivity contribution in [2.45, 2.75) is 25.3 Å². The molecule has 1 saturated heterocycles. The summed E-state index contributed by atoms with van der Waals surface area (Å²) in [7, 11) is -3.81. The van der Waals surface area contributed by atoms with Crippen LogP contribution in [-0.2, 0) is 21.3 Å². The van der Waals surface area contributed by atoms with Crippen LogP contribution in [0.5, 0.6) is 11.5 Å². The van der Waals surface area contributed by atoms with Crippen LogP contribution in [0.15, 0.2) is 35.4 Å². The van der Waals surface area contributed by atoms with Crippen LogP contribution in [-0.4, -0.2) is 57.9 Å². The minimum absolute atomic E-state index is 0.0426. The lowest BCUT2D eigenvalue weighted by Crippen LogP contribution is -2.37. The van der Waals surface area contributed by atoms with Gasteiger partial charge < -0.3 is 19.1 Å². The number of ether oxygens (including phenoxy) is 3. The lowest BCUT2D eigenvalue weighted by Gasteiger charge is -2.26. The summed E-state index contributed by atoms with van der Waals surface area (Å²) in [5.41, 5.74) is 0.578. The Morgan fingerprint density at radius 3 is 2.62 bits per heavy atom. The van der Waals surface area contributed by atoms with Crippen LogP contribution >= 0.6 is 0 Å². The Balaban J connectivity index is 1.74. The molecule has 3 rings (SSSR count). The van der Waals surface area contributed by atoms with Gasteiger partial charge in [0.25, 0.3) is 0 Å². The summed E-state index contributed by atoms with van der Waals surface area (Å²) in [5, 5.41) is 0. The van der Waals surface area contributed by atoms with Gasteiger partial charge in [-0.05, 0) is 32.0 Å². The van der Waals surface area contributed by atoms with Crippen molar-refractivity contribution in [3.8, 4) is 11.5 Å². The van der Waals surface area contributed by atoms with Gasteiger partial charge in [-0.15, -0.1) is 0 Å². The zero-order chi connectivity index (χ0) is 20.7. The van der Waals surface area contributed by atoms with Crippen molar-refractivity contribution in [2.24, 2.45) is 0 Å². The fraction of sp³-hybridized carbons (Fsp3) is 0.474. The zero-order valence-electron chi connectivity index (χ0n) is 16.6. The largest absolute Gasteiger partial charge is 0.494 e. The summed E-state index contributed by atoms with van der Waals surface area (Å²) in [5.74, 6) is 1.38. The second kappa shape index (κ2) is 9.86. The molecule has 0 bridgehead atoms. The minimum atomic E-state index is -3.81. The molecule has 0 unspecified atom stereocenters. The van der Waals surface area contributed by atoms with Crippen molar-refractivity contribution in [3.05, 3.63) is 36.2 Å². The molecule has 0 saturated carbocycles. The monoisotopic (exact) mass is 422 g/mol. The highest BCUT2D eigenvalue weighted by atomic mass is 32.2. The molecule has 0 amide bonds. The highest BCUT2D eigenvalue weighted by Gasteiger charge is 2.21. The maximum atomic E-state index is 12.9. The van der Waals surface area contributed by atoms with Gasteiger partial charge in [0, 0.05) is 25.4 Å². The molecule has 1 aromatic heterocycles. The molecular weight excluding hydrogens is 396 g/mol. The average Bonchev–Trinajstić information content (AvgIpc) is 2.74. The molecule has 0 radical (unpaired) electrons. The highest BCUT2D eigenvalue weighted by Crippen LogP contribution is 2.29. The van der Waals surface area contributed by atoms with E-state index >= 15 is 0 Å². The Hall–Kier alpha value is -2.43. The molecule has 0 atom stereocenters. The van der Waals surface area contributed by atoms with Gasteiger partial charge >= 0.3 is 0 Å². The van der Waals surface area contributed by atoms with E-state index in [1.165, 1.54) is 6.07 Å². The van der Waals surface area contributed by atoms with Crippen molar-refractivity contribution in [3.63, 3.8) is 0 Å². The molecule has 10 heteroatoms. The van der Waals surface area contributed by atoms with Crippen molar-refractivity contribution in [1.82, 2.24) is 14.7 Å². The number of benzene rings is 1. The van der Waals surface area contributed by atoms with Crippen LogP contribution in [0.25, 0.3) is 0 Å². The number of nitrogens with zero attached hydrogens (tertiary/aromatic N) is 3. The summed E-state index contributed by atoms with van der Waals surface area (Å²) in [4.78, 5) is 10.8. The molecule has 1 aliphatic rings. The summed E-state index contributed by atoms with van der Waals surface area (Å²) >= 11 is 0. The van der Waals surface area contributed by atoms with Gasteiger partial charge in [-0.1, -0.05) is 0 Å². The summed E-state index contributed by atoms with van der Waals surface area (Å²) in [6.45, 7) is 7.18. The zero-order valence-corrected chi connectivity index (χ0v) is 17.4. The SMILES string of the molecule is CCOc1ccc(S(=O)(=O)NCc2ccnc(N3CCOCC3)n2)c(OCC)c1. The van der Waals surface area contributed by atoms with Crippen LogP contribution < -0.4 is 19.1 Å². The number of rotatable bonds is 9. The van der Waals surface area contributed by atoms with Gasteiger partial charge in [-0.2, -0.15) is 0 Å². The van der Waals surface area contributed by atoms with E-state index in [2.05, 4.69) is 14.7 Å². The van der Waals surface area contributed by atoms with E-state index in [4.69, 9.17) is 14.2 Å². The molecule has 1 aliphatic heterocycles. The first-order chi connectivity index (χ1) is 14.0. The van der Waals surface area contributed by atoms with Crippen LogP contribution in [0.4, 0.5) is 5.95 Å². The number of sulfonamides is 1. The molecule has 0 spiro atoms. The van der Waals surface area contributed by atoms with E-state index in [1.807, 2.05) is 11.8 Å². The summed E-state index contributed by atoms with van der Waals surface area (Å²) < 4.78 is 44.6. The Labute approximate surface area is 171 Å². The quantitative estimate of drug-likeness (QED) is 0.650. The predicted octanol–water partition coefficient (Wildman–Crippen LogP) is 1.59. The van der Waals surface area contributed by atoms with Crippen molar-refractivity contribution < 1.29 is 22.6 Å². The first-order valence-corrected chi connectivity index (χ1v) is 11.1. The number of hydrogen-bond donors (Lipinski definition) is 1. The molecule has 1 fully saturated rings. The first-order valence-electron chi connectivity index (χ1n) is 9.57. The second-order valence-corrected chi connectivity index (χ2v) is 7.98. The molecule has 1 aromatic carbocycles. The number of aromatic nitrogens is 2. The topological polar surface area (TPSA) is 103 Å². The third-order valence-electron chi connectivity index (χ3n) is 4.25. The standard InChI is InChI=1S/C19H26N4O5S/c1-3-27-16-5-6-18(17(13-16)28-4-2)29(24,25)21-14-15-7-8-20-19(22-15)23-9-11-26-12-10-23/h5-8,13,21H,3-4,9-12,14H2,1-2H3. The van der Waals surface area contributed by atoms with Gasteiger partial charge in [0.2, 0.25) is 16.0 Å². The van der Waals surface area contributed by atoms with E-state index in [9.17, 15) is 8.42 Å². The second-order valence-electron chi connectivity index (χ2n) is 6.25. The van der Waals surface area contributed by atoms with E-state index in [0.29, 0.717) is 56.9 Å². The Morgan fingerprint density at radius 1 is 1.14 bits per heavy atom. The molecule has 9 nitrogen and oxygen atoms in total. The van der Waals surface area contributed by atoms with E-state index < -0.39 is 10.0 Å². The first kappa shape index (κ1) is 21.3. The van der Waals surface area contributed by atoms with Crippen LogP contribution in [0.2, 0.25) is 0 Å². The van der Waals surface area contributed by atoms with E-state index in [1.54, 1.807) is 31.3 Å². The van der Waals surface area contributed by atoms with Gasteiger partial charge in [0.1, 0.15) is 16.4 Å². The fourth-order valence-electron chi connectivity index (χ4n) is 2.88. The smallest absolute Gasteiger partial charge is 0.244 e. The van der Waals surface area contributed by atoms with Crippen LogP contribution in [0, 0.1) is 0 Å². The molecule has 158 valence electrons. The highest BCUT2D eigenvalue weighted by molar-refractivity contribution is 7.89. The van der Waals surface area contributed by atoms with Crippen molar-refractivity contribution in [2.75, 3.05) is 44.4 Å². The fourth-order valence-corrected chi connectivity index (χ4v) is 4.00. The normalized spacial score (nSPS) is 14.6. The van der Waals surface area contributed by atoms with E-state index in [0.717, 1.165) is 0 Å². The minimum Gasteiger partial charge on any atom is -0.494 e. The van der Waals surface area contributed by atoms with E-state index in [-0.39, 0.29) is 17.2 Å². The number of nitrogens with one attached hydrogen (secondary N) is 1. The number of hydrogen-bond acceptors (Lipinski definition) is 8. The molecule has 2 aromatic rings. The average molecular weight is 423 g/mol. The summed E-state index contributed by atoms with van der Waals surface area (Å²) in [6, 6.07) is 6.37. The van der Waals surface area contributed by atoms with Crippen LogP contribution in [0.3, 0.4) is 0 Å². The molecule has 1 N–H and O–H groups in total. The van der Waals surface area contributed by atoms with Gasteiger partial charge in [-0.3, -0.25) is 0 Å². The third-order valence-corrected chi connectivity index (χ3v) is 5.69. The Morgan fingerprint density at radius 2 is 1.90 bits per heavy atom. The third kappa shape index (κ3) is 5.55. The molecule has 2 heterocycles. The predicted molar refractivity (Wildman–Crippen MR) is 108 cm³/mol. The van der Waals surface area contributed by atoms with Gasteiger partial charge in [0.15, 0.2) is 0 Å². The van der Waals surface area contributed by atoms with Gasteiger partial charge in [0.05, 0.1) is 38.7 Å². The Bertz CT molecular complexity index is 917. The maximum absolute atomic E-state index is 12.9.